The fraction of sp³-hybridized carbons (Fsp3) is 0.414. The summed E-state index contributed by atoms with van der Waals surface area (Å²) < 4.78 is 26.6. The number of nitrogens with zero attached hydrogens (tertiary/aromatic N) is 4. The van der Waals surface area contributed by atoms with Gasteiger partial charge in [0.25, 0.3) is 0 Å². The van der Waals surface area contributed by atoms with E-state index in [0.29, 0.717) is 37.6 Å². The Kier molecular flexibility index (Phi) is 9.33. The van der Waals surface area contributed by atoms with Crippen LogP contribution in [0.2, 0.25) is 0 Å². The molecule has 37 heavy (non-hydrogen) atoms. The lowest BCUT2D eigenvalue weighted by atomic mass is 10.1. The number of piperazine rings is 1. The van der Waals surface area contributed by atoms with Crippen LogP contribution in [0.4, 0.5) is 4.39 Å². The Morgan fingerprint density at radius 1 is 1.24 bits per heavy atom. The second kappa shape index (κ2) is 12.9. The first kappa shape index (κ1) is 26.9. The van der Waals surface area contributed by atoms with E-state index in [-0.39, 0.29) is 6.10 Å². The highest BCUT2D eigenvalue weighted by Gasteiger charge is 2.29. The Balaban J connectivity index is 1.42. The van der Waals surface area contributed by atoms with Gasteiger partial charge in [0, 0.05) is 57.6 Å². The molecule has 1 aromatic carbocycles. The van der Waals surface area contributed by atoms with Crippen molar-refractivity contribution in [3.05, 3.63) is 90.1 Å². The Hall–Kier alpha value is -3.20. The summed E-state index contributed by atoms with van der Waals surface area (Å²) in [6, 6.07) is 8.15. The zero-order valence-electron chi connectivity index (χ0n) is 22.0. The van der Waals surface area contributed by atoms with Gasteiger partial charge in [0.05, 0.1) is 18.8 Å². The average Bonchev–Trinajstić information content (AvgIpc) is 2.94. The number of guanidine groups is 1. The second-order valence-corrected chi connectivity index (χ2v) is 9.27. The normalized spacial score (nSPS) is 22.0. The number of morpholine rings is 1. The molecular formula is C29H38FN5O2. The maximum Gasteiger partial charge on any atom is 0.206 e. The van der Waals surface area contributed by atoms with Gasteiger partial charge < -0.3 is 24.6 Å². The van der Waals surface area contributed by atoms with Crippen molar-refractivity contribution < 1.29 is 13.9 Å². The molecule has 0 amide bonds. The third-order valence-electron chi connectivity index (χ3n) is 6.79. The summed E-state index contributed by atoms with van der Waals surface area (Å²) >= 11 is 0. The summed E-state index contributed by atoms with van der Waals surface area (Å²) in [5.74, 6) is 1.17. The number of aliphatic imine (C=N–C) groups is 1. The van der Waals surface area contributed by atoms with Crippen molar-refractivity contribution in [1.29, 1.82) is 0 Å². The van der Waals surface area contributed by atoms with Crippen LogP contribution in [0.5, 0.6) is 5.75 Å². The SMILES string of the molecule is C=C/C(F)=C(\C=C/C)C1=CC(=C)N(C)C(N2CCO[C@@H](c3ccc(OCCN4CCNCC4)cc3)C2)=N1. The number of rotatable bonds is 8. The smallest absolute Gasteiger partial charge is 0.206 e. The monoisotopic (exact) mass is 507 g/mol. The molecule has 3 heterocycles. The number of likely N-dealkylation sites (N-methyl/N-ethyl adjacent to an activating group) is 1. The summed E-state index contributed by atoms with van der Waals surface area (Å²) in [5, 5.41) is 3.37. The molecule has 7 nitrogen and oxygen atoms in total. The first-order valence-corrected chi connectivity index (χ1v) is 12.9. The summed E-state index contributed by atoms with van der Waals surface area (Å²) in [6.45, 7) is 17.3. The Labute approximate surface area is 219 Å². The number of hydrogen-bond donors (Lipinski definition) is 1. The van der Waals surface area contributed by atoms with E-state index in [1.165, 1.54) is 6.08 Å². The van der Waals surface area contributed by atoms with Gasteiger partial charge in [-0.2, -0.15) is 0 Å². The Bertz CT molecular complexity index is 1090. The molecule has 0 radical (unpaired) electrons. The van der Waals surface area contributed by atoms with Crippen LogP contribution >= 0.6 is 0 Å². The van der Waals surface area contributed by atoms with Crippen LogP contribution in [-0.2, 0) is 4.74 Å². The lowest BCUT2D eigenvalue weighted by molar-refractivity contribution is -0.00971. The first-order valence-electron chi connectivity index (χ1n) is 12.9. The summed E-state index contributed by atoms with van der Waals surface area (Å²) in [6.07, 6.45) is 6.38. The standard InChI is InChI=1S/C29H38FN5O2/c1-5-7-25(26(30)6-2)27-20-22(3)33(4)29(32-27)35-17-19-37-28(21-35)23-8-10-24(11-9-23)36-18-16-34-14-12-31-13-15-34/h5-11,20,28,31H,2-3,12-19,21H2,1,4H3/b7-5-,26-25-/t28-/m1/s1. The topological polar surface area (TPSA) is 52.6 Å². The molecule has 1 N–H and O–H groups in total. The number of hydrogen-bond acceptors (Lipinski definition) is 7. The minimum atomic E-state index is -0.417. The van der Waals surface area contributed by atoms with E-state index < -0.39 is 5.83 Å². The van der Waals surface area contributed by atoms with Crippen LogP contribution in [-0.4, -0.2) is 86.7 Å². The highest BCUT2D eigenvalue weighted by atomic mass is 19.1. The van der Waals surface area contributed by atoms with E-state index in [1.807, 2.05) is 31.0 Å². The molecule has 0 aromatic heterocycles. The molecule has 3 aliphatic rings. The fourth-order valence-electron chi connectivity index (χ4n) is 4.62. The van der Waals surface area contributed by atoms with Crippen LogP contribution in [0.25, 0.3) is 0 Å². The van der Waals surface area contributed by atoms with Gasteiger partial charge in [-0.25, -0.2) is 9.38 Å². The zero-order chi connectivity index (χ0) is 26.2. The minimum absolute atomic E-state index is 0.113. The second-order valence-electron chi connectivity index (χ2n) is 9.27. The van der Waals surface area contributed by atoms with Gasteiger partial charge in [-0.15, -0.1) is 0 Å². The van der Waals surface area contributed by atoms with Crippen molar-refractivity contribution in [3.63, 3.8) is 0 Å². The van der Waals surface area contributed by atoms with Gasteiger partial charge in [0.1, 0.15) is 24.3 Å². The van der Waals surface area contributed by atoms with E-state index >= 15 is 0 Å². The van der Waals surface area contributed by atoms with E-state index in [9.17, 15) is 4.39 Å². The molecule has 0 bridgehead atoms. The minimum Gasteiger partial charge on any atom is -0.492 e. The molecule has 0 aliphatic carbocycles. The van der Waals surface area contributed by atoms with Crippen LogP contribution in [0.15, 0.2) is 89.5 Å². The molecule has 2 saturated heterocycles. The molecule has 0 spiro atoms. The van der Waals surface area contributed by atoms with Crippen molar-refractivity contribution in [1.82, 2.24) is 20.0 Å². The largest absolute Gasteiger partial charge is 0.492 e. The number of allylic oxidation sites excluding steroid dienone is 5. The van der Waals surface area contributed by atoms with E-state index in [4.69, 9.17) is 14.5 Å². The van der Waals surface area contributed by atoms with Crippen LogP contribution in [0.1, 0.15) is 18.6 Å². The molecule has 1 aromatic rings. The van der Waals surface area contributed by atoms with Crippen molar-refractivity contribution in [2.45, 2.75) is 13.0 Å². The number of ether oxygens (including phenoxy) is 2. The summed E-state index contributed by atoms with van der Waals surface area (Å²) in [7, 11) is 1.92. The predicted molar refractivity (Wildman–Crippen MR) is 147 cm³/mol. The van der Waals surface area contributed by atoms with Crippen LogP contribution < -0.4 is 10.1 Å². The molecule has 4 rings (SSSR count). The summed E-state index contributed by atoms with van der Waals surface area (Å²) in [4.78, 5) is 11.3. The van der Waals surface area contributed by atoms with E-state index in [2.05, 4.69) is 40.4 Å². The Morgan fingerprint density at radius 3 is 2.70 bits per heavy atom. The molecule has 0 unspecified atom stereocenters. The van der Waals surface area contributed by atoms with Gasteiger partial charge in [0.2, 0.25) is 5.96 Å². The molecule has 198 valence electrons. The third-order valence-corrected chi connectivity index (χ3v) is 6.79. The van der Waals surface area contributed by atoms with Gasteiger partial charge in [-0.05, 0) is 36.8 Å². The number of benzene rings is 1. The Morgan fingerprint density at radius 2 is 2.00 bits per heavy atom. The molecule has 2 fully saturated rings. The number of nitrogens with one attached hydrogen (secondary N) is 1. The summed E-state index contributed by atoms with van der Waals surface area (Å²) in [5.41, 5.74) is 2.74. The van der Waals surface area contributed by atoms with Gasteiger partial charge >= 0.3 is 0 Å². The first-order chi connectivity index (χ1) is 18.0. The van der Waals surface area contributed by atoms with Crippen LogP contribution in [0.3, 0.4) is 0 Å². The van der Waals surface area contributed by atoms with Gasteiger partial charge in [-0.3, -0.25) is 4.90 Å². The lowest BCUT2D eigenvalue weighted by Crippen LogP contribution is -2.49. The van der Waals surface area contributed by atoms with Crippen LogP contribution in [0, 0.1) is 0 Å². The number of halogens is 1. The third kappa shape index (κ3) is 6.77. The van der Waals surface area contributed by atoms with Crippen molar-refractivity contribution >= 4 is 5.96 Å². The fourth-order valence-corrected chi connectivity index (χ4v) is 4.62. The van der Waals surface area contributed by atoms with Crippen molar-refractivity contribution in [2.24, 2.45) is 4.99 Å². The molecule has 0 saturated carbocycles. The molecular weight excluding hydrogens is 469 g/mol. The molecule has 1 atom stereocenters. The van der Waals surface area contributed by atoms with E-state index in [0.717, 1.165) is 55.7 Å². The van der Waals surface area contributed by atoms with Crippen molar-refractivity contribution in [2.75, 3.05) is 66.1 Å². The van der Waals surface area contributed by atoms with Gasteiger partial charge in [-0.1, -0.05) is 37.4 Å². The lowest BCUT2D eigenvalue weighted by Gasteiger charge is -2.39. The molecule has 3 aliphatic heterocycles. The highest BCUT2D eigenvalue weighted by Crippen LogP contribution is 2.29. The van der Waals surface area contributed by atoms with Crippen molar-refractivity contribution in [3.8, 4) is 5.75 Å². The van der Waals surface area contributed by atoms with Gasteiger partial charge in [0.15, 0.2) is 0 Å². The maximum absolute atomic E-state index is 14.6. The highest BCUT2D eigenvalue weighted by molar-refractivity contribution is 5.85. The average molecular weight is 508 g/mol. The quantitative estimate of drug-likeness (QED) is 0.537. The van der Waals surface area contributed by atoms with E-state index in [1.54, 1.807) is 18.2 Å². The molecule has 8 heteroatoms. The maximum atomic E-state index is 14.6. The predicted octanol–water partition coefficient (Wildman–Crippen LogP) is 4.03. The zero-order valence-corrected chi connectivity index (χ0v) is 22.0.